The average Bonchev–Trinajstić information content (AvgIpc) is 2.96. The summed E-state index contributed by atoms with van der Waals surface area (Å²) in [5, 5.41) is 24.3. The van der Waals surface area contributed by atoms with Gasteiger partial charge in [-0.25, -0.2) is 4.68 Å². The topological polar surface area (TPSA) is 80.9 Å². The molecule has 0 aliphatic carbocycles. The number of nitrogens with zero attached hydrogens (tertiary/aromatic N) is 4. The first-order valence-corrected chi connectivity index (χ1v) is 6.08. The number of carboxylic acids is 1. The Morgan fingerprint density at radius 2 is 2.29 bits per heavy atom. The molecule has 90 valence electrons. The standard InChI is InChI=1S/C10H12N4O2S/c1-6(10(15)16)7(2)14-9(11-12-13-14)8-3-4-17-5-8/h3-7H,1-2H3,(H,15,16). The normalized spacial score (nSPS) is 14.5. The highest BCUT2D eigenvalue weighted by Gasteiger charge is 2.24. The van der Waals surface area contributed by atoms with Gasteiger partial charge in [-0.2, -0.15) is 11.3 Å². The zero-order chi connectivity index (χ0) is 12.4. The number of aromatic nitrogens is 4. The number of hydrogen-bond donors (Lipinski definition) is 1. The van der Waals surface area contributed by atoms with E-state index in [0.29, 0.717) is 5.82 Å². The zero-order valence-corrected chi connectivity index (χ0v) is 10.3. The summed E-state index contributed by atoms with van der Waals surface area (Å²) in [5.41, 5.74) is 0.907. The molecule has 0 aliphatic rings. The summed E-state index contributed by atoms with van der Waals surface area (Å²) < 4.78 is 1.56. The van der Waals surface area contributed by atoms with Crippen molar-refractivity contribution in [2.75, 3.05) is 0 Å². The van der Waals surface area contributed by atoms with Crippen molar-refractivity contribution in [2.45, 2.75) is 19.9 Å². The van der Waals surface area contributed by atoms with Gasteiger partial charge in [-0.15, -0.1) is 5.10 Å². The van der Waals surface area contributed by atoms with Crippen molar-refractivity contribution in [3.05, 3.63) is 16.8 Å². The van der Waals surface area contributed by atoms with Gasteiger partial charge in [0.1, 0.15) is 0 Å². The third kappa shape index (κ3) is 2.19. The van der Waals surface area contributed by atoms with E-state index in [4.69, 9.17) is 5.11 Å². The molecule has 2 aromatic rings. The van der Waals surface area contributed by atoms with Crippen molar-refractivity contribution < 1.29 is 9.90 Å². The fraction of sp³-hybridized carbons (Fsp3) is 0.400. The SMILES string of the molecule is CC(C(=O)O)C(C)n1nnnc1-c1ccsc1. The molecule has 0 saturated heterocycles. The van der Waals surface area contributed by atoms with E-state index in [1.54, 1.807) is 29.9 Å². The maximum absolute atomic E-state index is 11.0. The van der Waals surface area contributed by atoms with E-state index in [2.05, 4.69) is 15.5 Å². The Hall–Kier alpha value is -1.76. The second-order valence-electron chi connectivity index (χ2n) is 3.83. The highest BCUT2D eigenvalue weighted by atomic mass is 32.1. The fourth-order valence-corrected chi connectivity index (χ4v) is 2.10. The molecule has 0 amide bonds. The Kier molecular flexibility index (Phi) is 3.19. The van der Waals surface area contributed by atoms with Gasteiger partial charge in [0.15, 0.2) is 5.82 Å². The van der Waals surface area contributed by atoms with Gasteiger partial charge in [0.2, 0.25) is 0 Å². The quantitative estimate of drug-likeness (QED) is 0.895. The van der Waals surface area contributed by atoms with E-state index in [9.17, 15) is 4.79 Å². The third-order valence-corrected chi connectivity index (χ3v) is 3.45. The molecule has 0 aromatic carbocycles. The second-order valence-corrected chi connectivity index (χ2v) is 4.61. The first-order chi connectivity index (χ1) is 8.11. The summed E-state index contributed by atoms with van der Waals surface area (Å²) in [7, 11) is 0. The predicted octanol–water partition coefficient (Wildman–Crippen LogP) is 1.68. The number of rotatable bonds is 4. The lowest BCUT2D eigenvalue weighted by Crippen LogP contribution is -2.23. The molecule has 0 aliphatic heterocycles. The molecule has 2 atom stereocenters. The molecule has 0 bridgehead atoms. The van der Waals surface area contributed by atoms with Crippen LogP contribution in [0.15, 0.2) is 16.8 Å². The minimum Gasteiger partial charge on any atom is -0.481 e. The number of carbonyl (C=O) groups is 1. The predicted molar refractivity (Wildman–Crippen MR) is 62.6 cm³/mol. The zero-order valence-electron chi connectivity index (χ0n) is 9.44. The smallest absolute Gasteiger partial charge is 0.308 e. The molecule has 0 saturated carbocycles. The molecule has 2 aromatic heterocycles. The van der Waals surface area contributed by atoms with Gasteiger partial charge in [0, 0.05) is 10.9 Å². The fourth-order valence-electron chi connectivity index (χ4n) is 1.47. The molecule has 2 heterocycles. The van der Waals surface area contributed by atoms with Crippen LogP contribution in [0.3, 0.4) is 0 Å². The molecule has 17 heavy (non-hydrogen) atoms. The van der Waals surface area contributed by atoms with Crippen molar-refractivity contribution >= 4 is 17.3 Å². The van der Waals surface area contributed by atoms with Crippen LogP contribution in [0.25, 0.3) is 11.4 Å². The molecule has 1 N–H and O–H groups in total. The molecule has 0 fully saturated rings. The Morgan fingerprint density at radius 3 is 2.88 bits per heavy atom. The Bertz CT molecular complexity index is 508. The monoisotopic (exact) mass is 252 g/mol. The van der Waals surface area contributed by atoms with Crippen molar-refractivity contribution in [2.24, 2.45) is 5.92 Å². The Morgan fingerprint density at radius 1 is 1.53 bits per heavy atom. The maximum Gasteiger partial charge on any atom is 0.308 e. The third-order valence-electron chi connectivity index (χ3n) is 2.77. The van der Waals surface area contributed by atoms with Crippen molar-refractivity contribution in [3.8, 4) is 11.4 Å². The number of thiophene rings is 1. The van der Waals surface area contributed by atoms with Gasteiger partial charge in [-0.3, -0.25) is 4.79 Å². The number of hydrogen-bond acceptors (Lipinski definition) is 5. The molecular weight excluding hydrogens is 240 g/mol. The number of carboxylic acid groups (broad SMARTS) is 1. The van der Waals surface area contributed by atoms with Crippen LogP contribution in [0.5, 0.6) is 0 Å². The van der Waals surface area contributed by atoms with E-state index >= 15 is 0 Å². The van der Waals surface area contributed by atoms with Gasteiger partial charge in [0.05, 0.1) is 12.0 Å². The summed E-state index contributed by atoms with van der Waals surface area (Å²) in [5.74, 6) is -0.799. The van der Waals surface area contributed by atoms with Crippen molar-refractivity contribution in [3.63, 3.8) is 0 Å². The molecule has 2 rings (SSSR count). The Balaban J connectivity index is 2.34. The molecule has 6 nitrogen and oxygen atoms in total. The lowest BCUT2D eigenvalue weighted by molar-refractivity contribution is -0.142. The van der Waals surface area contributed by atoms with Crippen LogP contribution in [0.4, 0.5) is 0 Å². The molecule has 0 radical (unpaired) electrons. The van der Waals surface area contributed by atoms with Crippen LogP contribution in [0, 0.1) is 5.92 Å². The largest absolute Gasteiger partial charge is 0.481 e. The van der Waals surface area contributed by atoms with Crippen LogP contribution < -0.4 is 0 Å². The summed E-state index contributed by atoms with van der Waals surface area (Å²) in [6.07, 6.45) is 0. The minimum absolute atomic E-state index is 0.294. The molecule has 2 unspecified atom stereocenters. The van der Waals surface area contributed by atoms with Gasteiger partial charge in [-0.1, -0.05) is 0 Å². The molecule has 7 heteroatoms. The average molecular weight is 252 g/mol. The highest BCUT2D eigenvalue weighted by Crippen LogP contribution is 2.24. The lowest BCUT2D eigenvalue weighted by Gasteiger charge is -2.16. The van der Waals surface area contributed by atoms with E-state index < -0.39 is 11.9 Å². The van der Waals surface area contributed by atoms with Crippen LogP contribution >= 0.6 is 11.3 Å². The van der Waals surface area contributed by atoms with Crippen LogP contribution in [0.1, 0.15) is 19.9 Å². The highest BCUT2D eigenvalue weighted by molar-refractivity contribution is 7.08. The van der Waals surface area contributed by atoms with Gasteiger partial charge in [0.25, 0.3) is 0 Å². The van der Waals surface area contributed by atoms with Crippen LogP contribution in [-0.2, 0) is 4.79 Å². The first kappa shape index (κ1) is 11.7. The molecular formula is C10H12N4O2S. The van der Waals surface area contributed by atoms with E-state index in [-0.39, 0.29) is 6.04 Å². The molecule has 0 spiro atoms. The summed E-state index contributed by atoms with van der Waals surface area (Å²) in [6, 6.07) is 1.61. The van der Waals surface area contributed by atoms with Crippen LogP contribution in [-0.4, -0.2) is 31.3 Å². The second kappa shape index (κ2) is 4.62. The Labute approximate surface area is 102 Å². The van der Waals surface area contributed by atoms with Gasteiger partial charge >= 0.3 is 5.97 Å². The van der Waals surface area contributed by atoms with Crippen molar-refractivity contribution in [1.29, 1.82) is 0 Å². The van der Waals surface area contributed by atoms with Crippen molar-refractivity contribution in [1.82, 2.24) is 20.2 Å². The minimum atomic E-state index is -0.857. The number of tetrazole rings is 1. The lowest BCUT2D eigenvalue weighted by atomic mass is 10.0. The van der Waals surface area contributed by atoms with E-state index in [1.165, 1.54) is 0 Å². The number of aliphatic carboxylic acids is 1. The summed E-state index contributed by atoms with van der Waals surface area (Å²) in [6.45, 7) is 3.44. The van der Waals surface area contributed by atoms with Gasteiger partial charge in [-0.05, 0) is 35.7 Å². The van der Waals surface area contributed by atoms with Crippen LogP contribution in [0.2, 0.25) is 0 Å². The summed E-state index contributed by atoms with van der Waals surface area (Å²) >= 11 is 1.55. The maximum atomic E-state index is 11.0. The summed E-state index contributed by atoms with van der Waals surface area (Å²) in [4.78, 5) is 11.0. The van der Waals surface area contributed by atoms with E-state index in [0.717, 1.165) is 5.56 Å². The van der Waals surface area contributed by atoms with Gasteiger partial charge < -0.3 is 5.11 Å². The first-order valence-electron chi connectivity index (χ1n) is 5.14. The van der Waals surface area contributed by atoms with E-state index in [1.807, 2.05) is 16.8 Å².